The molecule has 0 heterocycles. The molecule has 0 bridgehead atoms. The molecule has 1 saturated carbocycles. The Kier molecular flexibility index (Phi) is 3.97. The number of nitrogens with two attached hydrogens (primary N) is 1. The minimum Gasteiger partial charge on any atom is -0.490 e. The molecular weight excluding hydrogens is 246 g/mol. The lowest BCUT2D eigenvalue weighted by Gasteiger charge is -2.27. The second kappa shape index (κ2) is 5.67. The maximum Gasteiger partial charge on any atom is 0.287 e. The number of rotatable bonds is 3. The van der Waals surface area contributed by atoms with Crippen molar-refractivity contribution in [3.63, 3.8) is 0 Å². The van der Waals surface area contributed by atoms with Gasteiger partial charge in [0.2, 0.25) is 0 Å². The Balaban J connectivity index is 2.13. The van der Waals surface area contributed by atoms with Gasteiger partial charge in [0.05, 0.1) is 4.92 Å². The Bertz CT molecular complexity index is 524. The van der Waals surface area contributed by atoms with Crippen LogP contribution in [0.25, 0.3) is 0 Å². The lowest BCUT2D eigenvalue weighted by Crippen LogP contribution is -2.33. The van der Waals surface area contributed by atoms with Crippen molar-refractivity contribution in [3.05, 3.63) is 33.9 Å². The molecule has 1 aliphatic rings. The number of benzene rings is 1. The Morgan fingerprint density at radius 3 is 2.89 bits per heavy atom. The molecule has 6 nitrogen and oxygen atoms in total. The van der Waals surface area contributed by atoms with Gasteiger partial charge in [-0.05, 0) is 31.7 Å². The normalized spacial score (nSPS) is 22.5. The highest BCUT2D eigenvalue weighted by molar-refractivity contribution is 5.52. The number of ether oxygens (including phenoxy) is 1. The van der Waals surface area contributed by atoms with Crippen LogP contribution < -0.4 is 10.5 Å². The van der Waals surface area contributed by atoms with Gasteiger partial charge < -0.3 is 10.5 Å². The molecule has 2 N–H and O–H groups in total. The predicted molar refractivity (Wildman–Crippen MR) is 68.7 cm³/mol. The average molecular weight is 261 g/mol. The smallest absolute Gasteiger partial charge is 0.287 e. The summed E-state index contributed by atoms with van der Waals surface area (Å²) >= 11 is 0. The Morgan fingerprint density at radius 2 is 2.26 bits per heavy atom. The predicted octanol–water partition coefficient (Wildman–Crippen LogP) is 2.12. The summed E-state index contributed by atoms with van der Waals surface area (Å²) in [4.78, 5) is 10.2. The highest BCUT2D eigenvalue weighted by Crippen LogP contribution is 2.27. The molecule has 0 radical (unpaired) electrons. The third-order valence-corrected chi connectivity index (χ3v) is 3.25. The van der Waals surface area contributed by atoms with Crippen molar-refractivity contribution in [2.24, 2.45) is 5.73 Å². The second-order valence-electron chi connectivity index (χ2n) is 4.71. The van der Waals surface area contributed by atoms with Gasteiger partial charge in [-0.2, -0.15) is 5.26 Å². The molecule has 2 atom stereocenters. The van der Waals surface area contributed by atoms with E-state index in [1.807, 2.05) is 6.07 Å². The van der Waals surface area contributed by atoms with E-state index >= 15 is 0 Å². The molecular formula is C13H15N3O3. The molecule has 2 rings (SSSR count). The highest BCUT2D eigenvalue weighted by atomic mass is 16.6. The van der Waals surface area contributed by atoms with Gasteiger partial charge in [0.15, 0.2) is 0 Å². The van der Waals surface area contributed by atoms with Crippen LogP contribution in [0.3, 0.4) is 0 Å². The summed E-state index contributed by atoms with van der Waals surface area (Å²) in [5, 5.41) is 19.6. The van der Waals surface area contributed by atoms with Crippen molar-refractivity contribution >= 4 is 5.69 Å². The van der Waals surface area contributed by atoms with Crippen molar-refractivity contribution in [3.8, 4) is 11.8 Å². The maximum atomic E-state index is 10.7. The number of nitro groups is 1. The number of hydrogen-bond acceptors (Lipinski definition) is 5. The van der Waals surface area contributed by atoms with Crippen molar-refractivity contribution in [2.75, 3.05) is 0 Å². The standard InChI is InChI=1S/C13H15N3O3/c14-8-9-6-12(4-5-13(9)16(17)18)19-11-3-1-2-10(15)7-11/h4-6,10-11H,1-3,7,15H2. The van der Waals surface area contributed by atoms with Crippen LogP contribution in [0.5, 0.6) is 5.75 Å². The third-order valence-electron chi connectivity index (χ3n) is 3.25. The maximum absolute atomic E-state index is 10.7. The van der Waals surface area contributed by atoms with E-state index in [-0.39, 0.29) is 23.4 Å². The molecule has 1 aliphatic carbocycles. The molecule has 0 amide bonds. The van der Waals surface area contributed by atoms with Crippen molar-refractivity contribution in [1.82, 2.24) is 0 Å². The zero-order valence-corrected chi connectivity index (χ0v) is 10.4. The second-order valence-corrected chi connectivity index (χ2v) is 4.71. The minimum absolute atomic E-state index is 0.0163. The van der Waals surface area contributed by atoms with E-state index in [0.29, 0.717) is 5.75 Å². The van der Waals surface area contributed by atoms with Crippen LogP contribution in [0.1, 0.15) is 31.2 Å². The van der Waals surface area contributed by atoms with Crippen LogP contribution in [-0.4, -0.2) is 17.1 Å². The monoisotopic (exact) mass is 261 g/mol. The fourth-order valence-electron chi connectivity index (χ4n) is 2.32. The summed E-state index contributed by atoms with van der Waals surface area (Å²) in [6.07, 6.45) is 3.75. The molecule has 1 aromatic carbocycles. The number of nitrogens with zero attached hydrogens (tertiary/aromatic N) is 2. The topological polar surface area (TPSA) is 102 Å². The van der Waals surface area contributed by atoms with Crippen molar-refractivity contribution in [2.45, 2.75) is 37.8 Å². The summed E-state index contributed by atoms with van der Waals surface area (Å²) in [6, 6.07) is 6.21. The van der Waals surface area contributed by atoms with Crippen LogP contribution in [-0.2, 0) is 0 Å². The Labute approximate surface area is 110 Å². The molecule has 19 heavy (non-hydrogen) atoms. The Morgan fingerprint density at radius 1 is 1.47 bits per heavy atom. The summed E-state index contributed by atoms with van der Waals surface area (Å²) in [7, 11) is 0. The zero-order chi connectivity index (χ0) is 13.8. The van der Waals surface area contributed by atoms with Crippen LogP contribution in [0.4, 0.5) is 5.69 Å². The van der Waals surface area contributed by atoms with E-state index in [1.54, 1.807) is 0 Å². The molecule has 0 saturated heterocycles. The van der Waals surface area contributed by atoms with Gasteiger partial charge >= 0.3 is 0 Å². The minimum atomic E-state index is -0.571. The van der Waals surface area contributed by atoms with Gasteiger partial charge in [-0.15, -0.1) is 0 Å². The molecule has 2 unspecified atom stereocenters. The molecule has 6 heteroatoms. The molecule has 1 aromatic rings. The largest absolute Gasteiger partial charge is 0.490 e. The first-order valence-electron chi connectivity index (χ1n) is 6.21. The number of nitro benzene ring substituents is 1. The first-order valence-corrected chi connectivity index (χ1v) is 6.21. The van der Waals surface area contributed by atoms with Crippen LogP contribution >= 0.6 is 0 Å². The van der Waals surface area contributed by atoms with Crippen molar-refractivity contribution < 1.29 is 9.66 Å². The third kappa shape index (κ3) is 3.20. The summed E-state index contributed by atoms with van der Waals surface area (Å²) < 4.78 is 5.75. The quantitative estimate of drug-likeness (QED) is 0.663. The van der Waals surface area contributed by atoms with Gasteiger partial charge in [0, 0.05) is 18.2 Å². The van der Waals surface area contributed by atoms with Crippen LogP contribution in [0.2, 0.25) is 0 Å². The summed E-state index contributed by atoms with van der Waals surface area (Å²) in [5.41, 5.74) is 5.69. The van der Waals surface area contributed by atoms with Gasteiger partial charge in [-0.25, -0.2) is 0 Å². The summed E-state index contributed by atoms with van der Waals surface area (Å²) in [5.74, 6) is 0.487. The molecule has 1 fully saturated rings. The van der Waals surface area contributed by atoms with Gasteiger partial charge in [0.25, 0.3) is 5.69 Å². The van der Waals surface area contributed by atoms with Crippen LogP contribution in [0, 0.1) is 21.4 Å². The highest BCUT2D eigenvalue weighted by Gasteiger charge is 2.21. The number of nitriles is 1. The van der Waals surface area contributed by atoms with E-state index in [2.05, 4.69) is 0 Å². The van der Waals surface area contributed by atoms with Gasteiger partial charge in [-0.1, -0.05) is 0 Å². The van der Waals surface area contributed by atoms with E-state index in [1.165, 1.54) is 18.2 Å². The lowest BCUT2D eigenvalue weighted by atomic mass is 9.93. The summed E-state index contributed by atoms with van der Waals surface area (Å²) in [6.45, 7) is 0. The Hall–Kier alpha value is -2.13. The van der Waals surface area contributed by atoms with Gasteiger partial charge in [-0.3, -0.25) is 10.1 Å². The van der Waals surface area contributed by atoms with E-state index in [0.717, 1.165) is 25.7 Å². The number of hydrogen-bond donors (Lipinski definition) is 1. The van der Waals surface area contributed by atoms with Gasteiger partial charge in [0.1, 0.15) is 23.5 Å². The fraction of sp³-hybridized carbons (Fsp3) is 0.462. The fourth-order valence-corrected chi connectivity index (χ4v) is 2.32. The molecule has 0 aromatic heterocycles. The molecule has 100 valence electrons. The first-order chi connectivity index (χ1) is 9.10. The van der Waals surface area contributed by atoms with E-state index < -0.39 is 4.92 Å². The first kappa shape index (κ1) is 13.3. The SMILES string of the molecule is N#Cc1cc(OC2CCCC(N)C2)ccc1[N+](=O)[O-]. The molecule has 0 spiro atoms. The van der Waals surface area contributed by atoms with Crippen molar-refractivity contribution in [1.29, 1.82) is 5.26 Å². The zero-order valence-electron chi connectivity index (χ0n) is 10.4. The van der Waals surface area contributed by atoms with E-state index in [4.69, 9.17) is 15.7 Å². The van der Waals surface area contributed by atoms with Crippen LogP contribution in [0.15, 0.2) is 18.2 Å². The lowest BCUT2D eigenvalue weighted by molar-refractivity contribution is -0.385. The van der Waals surface area contributed by atoms with E-state index in [9.17, 15) is 10.1 Å². The average Bonchev–Trinajstić information content (AvgIpc) is 2.38. The molecule has 0 aliphatic heterocycles.